The number of rotatable bonds is 4. The minimum atomic E-state index is 0.639. The molecule has 1 aromatic rings. The molecule has 0 radical (unpaired) electrons. The zero-order chi connectivity index (χ0) is 11.0. The van der Waals surface area contributed by atoms with Crippen LogP contribution in [-0.4, -0.2) is 18.4 Å². The highest BCUT2D eigenvalue weighted by Crippen LogP contribution is 2.42. The molecule has 0 amide bonds. The number of carbonyl (C=O) groups excluding carboxylic acids is 1. The average molecular weight is 215 g/mol. The summed E-state index contributed by atoms with van der Waals surface area (Å²) in [7, 11) is 0. The predicted molar refractivity (Wildman–Crippen MR) is 63.8 cm³/mol. The number of carbonyl (C=O) groups is 1. The Balaban J connectivity index is 1.63. The van der Waals surface area contributed by atoms with Crippen molar-refractivity contribution in [2.24, 2.45) is 0 Å². The van der Waals surface area contributed by atoms with Gasteiger partial charge in [-0.1, -0.05) is 24.6 Å². The van der Waals surface area contributed by atoms with E-state index >= 15 is 0 Å². The Morgan fingerprint density at radius 3 is 2.88 bits per heavy atom. The van der Waals surface area contributed by atoms with Crippen LogP contribution in [0.5, 0.6) is 0 Å². The van der Waals surface area contributed by atoms with Gasteiger partial charge < -0.3 is 5.32 Å². The van der Waals surface area contributed by atoms with Gasteiger partial charge in [0.05, 0.1) is 0 Å². The van der Waals surface area contributed by atoms with Crippen molar-refractivity contribution < 1.29 is 4.79 Å². The highest BCUT2D eigenvalue weighted by Gasteiger charge is 2.40. The molecule has 2 atom stereocenters. The topological polar surface area (TPSA) is 29.1 Å². The van der Waals surface area contributed by atoms with Gasteiger partial charge in [0.25, 0.3) is 0 Å². The summed E-state index contributed by atoms with van der Waals surface area (Å²) in [6.07, 6.45) is 6.24. The summed E-state index contributed by atoms with van der Waals surface area (Å²) in [6.45, 7) is 0. The van der Waals surface area contributed by atoms with Crippen LogP contribution in [0.25, 0.3) is 0 Å². The second-order valence-electron chi connectivity index (χ2n) is 5.03. The monoisotopic (exact) mass is 215 g/mol. The molecule has 0 spiro atoms. The first-order valence-electron chi connectivity index (χ1n) is 6.18. The molecule has 0 heterocycles. The number of aldehydes is 1. The molecule has 2 heteroatoms. The molecule has 0 bridgehead atoms. The quantitative estimate of drug-likeness (QED) is 0.782. The van der Waals surface area contributed by atoms with Crippen molar-refractivity contribution in [1.82, 2.24) is 5.32 Å². The summed E-state index contributed by atoms with van der Waals surface area (Å²) >= 11 is 0. The fraction of sp³-hybridized carbons (Fsp3) is 0.500. The van der Waals surface area contributed by atoms with Gasteiger partial charge in [-0.05, 0) is 30.9 Å². The minimum Gasteiger partial charge on any atom is -0.311 e. The molecule has 84 valence electrons. The van der Waals surface area contributed by atoms with E-state index in [9.17, 15) is 4.79 Å². The van der Waals surface area contributed by atoms with Crippen LogP contribution >= 0.6 is 0 Å². The zero-order valence-electron chi connectivity index (χ0n) is 9.36. The van der Waals surface area contributed by atoms with E-state index in [2.05, 4.69) is 11.4 Å². The fourth-order valence-corrected chi connectivity index (χ4v) is 2.49. The molecule has 2 saturated carbocycles. The van der Waals surface area contributed by atoms with Gasteiger partial charge in [-0.15, -0.1) is 0 Å². The van der Waals surface area contributed by atoms with Crippen LogP contribution in [0, 0.1) is 0 Å². The molecule has 2 aliphatic rings. The van der Waals surface area contributed by atoms with Crippen molar-refractivity contribution in [3.63, 3.8) is 0 Å². The Labute approximate surface area is 96.1 Å². The Hall–Kier alpha value is -1.15. The maximum absolute atomic E-state index is 10.7. The first-order chi connectivity index (χ1) is 7.86. The van der Waals surface area contributed by atoms with E-state index in [1.165, 1.54) is 31.2 Å². The number of hydrogen-bond acceptors (Lipinski definition) is 2. The Morgan fingerprint density at radius 1 is 1.31 bits per heavy atom. The van der Waals surface area contributed by atoms with Crippen molar-refractivity contribution in [2.45, 2.75) is 43.7 Å². The second-order valence-corrected chi connectivity index (χ2v) is 5.03. The van der Waals surface area contributed by atoms with Crippen molar-refractivity contribution in [3.8, 4) is 0 Å². The molecule has 2 nitrogen and oxygen atoms in total. The van der Waals surface area contributed by atoms with Crippen LogP contribution in [0.2, 0.25) is 0 Å². The van der Waals surface area contributed by atoms with E-state index in [0.717, 1.165) is 17.9 Å². The van der Waals surface area contributed by atoms with Crippen LogP contribution in [-0.2, 0) is 0 Å². The average Bonchev–Trinajstić information content (AvgIpc) is 3.03. The van der Waals surface area contributed by atoms with Gasteiger partial charge in [-0.3, -0.25) is 4.79 Å². The number of nitrogens with one attached hydrogen (secondary N) is 1. The SMILES string of the molecule is O=Cc1cccc(C2CC2NC2CCC2)c1. The molecule has 0 saturated heterocycles. The predicted octanol–water partition coefficient (Wildman–Crippen LogP) is 2.50. The molecule has 2 aliphatic carbocycles. The van der Waals surface area contributed by atoms with Crippen LogP contribution in [0.1, 0.15) is 47.5 Å². The summed E-state index contributed by atoms with van der Waals surface area (Å²) in [4.78, 5) is 10.7. The minimum absolute atomic E-state index is 0.639. The normalized spacial score (nSPS) is 28.5. The van der Waals surface area contributed by atoms with Crippen LogP contribution in [0.3, 0.4) is 0 Å². The van der Waals surface area contributed by atoms with Crippen molar-refractivity contribution >= 4 is 6.29 Å². The molecular weight excluding hydrogens is 198 g/mol. The van der Waals surface area contributed by atoms with Crippen molar-refractivity contribution in [1.29, 1.82) is 0 Å². The van der Waals surface area contributed by atoms with Crippen LogP contribution in [0.15, 0.2) is 24.3 Å². The molecule has 1 N–H and O–H groups in total. The first kappa shape index (κ1) is 10.0. The highest BCUT2D eigenvalue weighted by atomic mass is 16.1. The summed E-state index contributed by atoms with van der Waals surface area (Å²) < 4.78 is 0. The molecule has 0 aliphatic heterocycles. The first-order valence-corrected chi connectivity index (χ1v) is 6.18. The number of benzene rings is 1. The van der Waals surface area contributed by atoms with E-state index in [0.29, 0.717) is 12.0 Å². The largest absolute Gasteiger partial charge is 0.311 e. The van der Waals surface area contributed by atoms with E-state index in [1.54, 1.807) is 0 Å². The smallest absolute Gasteiger partial charge is 0.150 e. The number of hydrogen-bond donors (Lipinski definition) is 1. The van der Waals surface area contributed by atoms with E-state index in [1.807, 2.05) is 18.2 Å². The molecular formula is C14H17NO. The van der Waals surface area contributed by atoms with Crippen LogP contribution in [0.4, 0.5) is 0 Å². The van der Waals surface area contributed by atoms with Crippen molar-refractivity contribution in [3.05, 3.63) is 35.4 Å². The maximum atomic E-state index is 10.7. The van der Waals surface area contributed by atoms with Gasteiger partial charge in [0, 0.05) is 23.6 Å². The highest BCUT2D eigenvalue weighted by molar-refractivity contribution is 5.75. The third kappa shape index (κ3) is 1.90. The summed E-state index contributed by atoms with van der Waals surface area (Å²) in [5.74, 6) is 0.639. The van der Waals surface area contributed by atoms with Gasteiger partial charge in [0.1, 0.15) is 6.29 Å². The van der Waals surface area contributed by atoms with E-state index in [-0.39, 0.29) is 0 Å². The molecule has 2 unspecified atom stereocenters. The fourth-order valence-electron chi connectivity index (χ4n) is 2.49. The Bertz CT molecular complexity index is 397. The van der Waals surface area contributed by atoms with Gasteiger partial charge in [-0.25, -0.2) is 0 Å². The molecule has 16 heavy (non-hydrogen) atoms. The lowest BCUT2D eigenvalue weighted by atomic mass is 9.93. The molecule has 1 aromatic carbocycles. The Kier molecular flexibility index (Phi) is 2.52. The standard InChI is InChI=1S/C14H17NO/c16-9-10-3-1-4-11(7-10)13-8-14(13)15-12-5-2-6-12/h1,3-4,7,9,12-15H,2,5-6,8H2. The second kappa shape index (κ2) is 4.02. The summed E-state index contributed by atoms with van der Waals surface area (Å²) in [6, 6.07) is 9.45. The third-order valence-electron chi connectivity index (χ3n) is 3.82. The van der Waals surface area contributed by atoms with Gasteiger partial charge in [0.2, 0.25) is 0 Å². The summed E-state index contributed by atoms with van der Waals surface area (Å²) in [5, 5.41) is 3.69. The van der Waals surface area contributed by atoms with E-state index < -0.39 is 0 Å². The molecule has 0 aromatic heterocycles. The third-order valence-corrected chi connectivity index (χ3v) is 3.82. The van der Waals surface area contributed by atoms with Gasteiger partial charge in [-0.2, -0.15) is 0 Å². The molecule has 2 fully saturated rings. The van der Waals surface area contributed by atoms with Crippen LogP contribution < -0.4 is 5.32 Å². The lowest BCUT2D eigenvalue weighted by Gasteiger charge is -2.26. The van der Waals surface area contributed by atoms with Gasteiger partial charge >= 0.3 is 0 Å². The Morgan fingerprint density at radius 2 is 2.19 bits per heavy atom. The van der Waals surface area contributed by atoms with E-state index in [4.69, 9.17) is 0 Å². The maximum Gasteiger partial charge on any atom is 0.150 e. The molecule has 3 rings (SSSR count). The van der Waals surface area contributed by atoms with Crippen molar-refractivity contribution in [2.75, 3.05) is 0 Å². The zero-order valence-corrected chi connectivity index (χ0v) is 9.36. The van der Waals surface area contributed by atoms with Gasteiger partial charge in [0.15, 0.2) is 0 Å². The summed E-state index contributed by atoms with van der Waals surface area (Å²) in [5.41, 5.74) is 2.12. The lowest BCUT2D eigenvalue weighted by molar-refractivity contribution is 0.112. The lowest BCUT2D eigenvalue weighted by Crippen LogP contribution is -2.37.